The first-order valence-corrected chi connectivity index (χ1v) is 5.59. The van der Waals surface area contributed by atoms with Crippen LogP contribution in [0, 0.1) is 0 Å². The lowest BCUT2D eigenvalue weighted by Crippen LogP contribution is -2.12. The van der Waals surface area contributed by atoms with E-state index in [1.165, 1.54) is 0 Å². The van der Waals surface area contributed by atoms with Crippen LogP contribution < -0.4 is 5.84 Å². The van der Waals surface area contributed by atoms with E-state index in [2.05, 4.69) is 15.3 Å². The maximum atomic E-state index is 5.68. The molecule has 2 rings (SSSR count). The number of pyridine rings is 1. The van der Waals surface area contributed by atoms with Crippen molar-refractivity contribution >= 4 is 0 Å². The summed E-state index contributed by atoms with van der Waals surface area (Å²) in [6.45, 7) is 2.37. The molecule has 0 aliphatic carbocycles. The molecular formula is C11H16N4O2. The minimum Gasteiger partial charge on any atom is -0.379 e. The molecule has 17 heavy (non-hydrogen) atoms. The van der Waals surface area contributed by atoms with Gasteiger partial charge in [-0.25, -0.2) is 0 Å². The average molecular weight is 236 g/mol. The van der Waals surface area contributed by atoms with Gasteiger partial charge < -0.3 is 15.3 Å². The Hall–Kier alpha value is -1.53. The van der Waals surface area contributed by atoms with E-state index in [0.29, 0.717) is 19.8 Å². The standard InChI is InChI=1S/C11H16N4O2/c12-15-13-6-9-2-1-3-10(14-9)7-17-11-4-5-16-8-11/h1-3,11H,4-8H2,(H2,12,13)/t11-/m0/s1. The third kappa shape index (κ3) is 3.76. The number of hydrogen-bond acceptors (Lipinski definition) is 5. The molecule has 2 heterocycles. The third-order valence-electron chi connectivity index (χ3n) is 2.53. The Kier molecular flexibility index (Phi) is 4.40. The molecule has 2 N–H and O–H groups in total. The summed E-state index contributed by atoms with van der Waals surface area (Å²) in [5.41, 5.74) is 1.73. The van der Waals surface area contributed by atoms with Crippen molar-refractivity contribution in [3.63, 3.8) is 0 Å². The summed E-state index contributed by atoms with van der Waals surface area (Å²) in [4.78, 5) is 4.40. The van der Waals surface area contributed by atoms with Crippen LogP contribution in [0.5, 0.6) is 0 Å². The first kappa shape index (κ1) is 11.9. The molecular weight excluding hydrogens is 220 g/mol. The Morgan fingerprint density at radius 1 is 1.47 bits per heavy atom. The second-order valence-corrected chi connectivity index (χ2v) is 3.83. The van der Waals surface area contributed by atoms with Gasteiger partial charge in [0.25, 0.3) is 0 Å². The van der Waals surface area contributed by atoms with E-state index in [1.54, 1.807) is 0 Å². The van der Waals surface area contributed by atoms with Gasteiger partial charge in [0.05, 0.1) is 30.7 Å². The number of nitrogens with zero attached hydrogens (tertiary/aromatic N) is 3. The van der Waals surface area contributed by atoms with E-state index in [1.807, 2.05) is 18.2 Å². The Labute approximate surface area is 99.8 Å². The van der Waals surface area contributed by atoms with Gasteiger partial charge in [0.2, 0.25) is 0 Å². The molecule has 1 fully saturated rings. The molecule has 1 atom stereocenters. The Bertz CT molecular complexity index is 377. The van der Waals surface area contributed by atoms with Crippen LogP contribution in [-0.2, 0) is 22.6 Å². The van der Waals surface area contributed by atoms with Crippen LogP contribution in [-0.4, -0.2) is 24.3 Å². The van der Waals surface area contributed by atoms with Gasteiger partial charge in [-0.15, -0.1) is 0 Å². The molecule has 6 heteroatoms. The number of ether oxygens (including phenoxy) is 2. The molecule has 0 spiro atoms. The highest BCUT2D eigenvalue weighted by molar-refractivity contribution is 5.10. The molecule has 1 aromatic rings. The third-order valence-corrected chi connectivity index (χ3v) is 2.53. The van der Waals surface area contributed by atoms with Crippen molar-refractivity contribution in [1.82, 2.24) is 4.98 Å². The van der Waals surface area contributed by atoms with E-state index >= 15 is 0 Å². The molecule has 0 unspecified atom stereocenters. The van der Waals surface area contributed by atoms with Gasteiger partial charge in [0.1, 0.15) is 6.54 Å². The van der Waals surface area contributed by atoms with Gasteiger partial charge in [0, 0.05) is 6.61 Å². The lowest BCUT2D eigenvalue weighted by molar-refractivity contribution is 0.0301. The highest BCUT2D eigenvalue weighted by atomic mass is 16.5. The van der Waals surface area contributed by atoms with Crippen LogP contribution in [0.25, 0.3) is 0 Å². The second kappa shape index (κ2) is 6.27. The van der Waals surface area contributed by atoms with Crippen molar-refractivity contribution in [3.05, 3.63) is 29.6 Å². The van der Waals surface area contributed by atoms with Gasteiger partial charge in [-0.3, -0.25) is 4.98 Å². The fraction of sp³-hybridized carbons (Fsp3) is 0.545. The summed E-state index contributed by atoms with van der Waals surface area (Å²) in [6, 6.07) is 5.74. The zero-order valence-corrected chi connectivity index (χ0v) is 9.58. The Morgan fingerprint density at radius 3 is 3.12 bits per heavy atom. The van der Waals surface area contributed by atoms with E-state index in [0.717, 1.165) is 24.4 Å². The van der Waals surface area contributed by atoms with Crippen molar-refractivity contribution < 1.29 is 9.47 Å². The number of nitrogens with two attached hydrogens (primary N) is 1. The zero-order valence-electron chi connectivity index (χ0n) is 9.58. The van der Waals surface area contributed by atoms with Crippen molar-refractivity contribution in [2.45, 2.75) is 25.7 Å². The van der Waals surface area contributed by atoms with Crippen LogP contribution in [0.15, 0.2) is 28.5 Å². The molecule has 0 amide bonds. The van der Waals surface area contributed by atoms with Crippen LogP contribution in [0.3, 0.4) is 0 Å². The largest absolute Gasteiger partial charge is 0.379 e. The molecule has 0 saturated carbocycles. The quantitative estimate of drug-likeness (QED) is 0.473. The first-order chi connectivity index (χ1) is 8.38. The predicted molar refractivity (Wildman–Crippen MR) is 61.0 cm³/mol. The zero-order chi connectivity index (χ0) is 11.9. The molecule has 0 radical (unpaired) electrons. The smallest absolute Gasteiger partial charge is 0.104 e. The fourth-order valence-corrected chi connectivity index (χ4v) is 1.66. The Balaban J connectivity index is 1.86. The van der Waals surface area contributed by atoms with Gasteiger partial charge in [-0.1, -0.05) is 11.3 Å². The van der Waals surface area contributed by atoms with Crippen molar-refractivity contribution in [2.24, 2.45) is 16.2 Å². The van der Waals surface area contributed by atoms with Gasteiger partial charge in [-0.2, -0.15) is 5.11 Å². The summed E-state index contributed by atoms with van der Waals surface area (Å²) in [7, 11) is 0. The number of rotatable bonds is 5. The van der Waals surface area contributed by atoms with Gasteiger partial charge >= 0.3 is 0 Å². The van der Waals surface area contributed by atoms with Gasteiger partial charge in [0.15, 0.2) is 0 Å². The molecule has 1 aliphatic heterocycles. The Morgan fingerprint density at radius 2 is 2.35 bits per heavy atom. The molecule has 0 bridgehead atoms. The predicted octanol–water partition coefficient (Wildman–Crippen LogP) is 1.21. The molecule has 0 aromatic carbocycles. The molecule has 92 valence electrons. The van der Waals surface area contributed by atoms with Crippen molar-refractivity contribution in [3.8, 4) is 0 Å². The normalized spacial score (nSPS) is 20.1. The maximum Gasteiger partial charge on any atom is 0.104 e. The summed E-state index contributed by atoms with van der Waals surface area (Å²) in [6.07, 6.45) is 1.16. The van der Waals surface area contributed by atoms with Crippen LogP contribution in [0.4, 0.5) is 0 Å². The molecule has 6 nitrogen and oxygen atoms in total. The SMILES string of the molecule is NN=NCc1cccc(CO[C@H]2CCOC2)n1. The fourth-order valence-electron chi connectivity index (χ4n) is 1.66. The minimum atomic E-state index is 0.198. The van der Waals surface area contributed by atoms with E-state index in [9.17, 15) is 0 Å². The topological polar surface area (TPSA) is 82.1 Å². The molecule has 1 aromatic heterocycles. The van der Waals surface area contributed by atoms with E-state index < -0.39 is 0 Å². The molecule has 1 saturated heterocycles. The average Bonchev–Trinajstić information content (AvgIpc) is 2.87. The first-order valence-electron chi connectivity index (χ1n) is 5.59. The van der Waals surface area contributed by atoms with Crippen molar-refractivity contribution in [2.75, 3.05) is 13.2 Å². The summed E-state index contributed by atoms with van der Waals surface area (Å²) in [5, 5.41) is 6.91. The van der Waals surface area contributed by atoms with E-state index in [4.69, 9.17) is 15.3 Å². The van der Waals surface area contributed by atoms with Crippen LogP contribution >= 0.6 is 0 Å². The molecule has 1 aliphatic rings. The highest BCUT2D eigenvalue weighted by Crippen LogP contribution is 2.11. The van der Waals surface area contributed by atoms with Crippen LogP contribution in [0.2, 0.25) is 0 Å². The van der Waals surface area contributed by atoms with Crippen LogP contribution in [0.1, 0.15) is 17.8 Å². The van der Waals surface area contributed by atoms with Gasteiger partial charge in [-0.05, 0) is 18.6 Å². The number of hydrogen-bond donors (Lipinski definition) is 1. The lowest BCUT2D eigenvalue weighted by atomic mass is 10.3. The number of aromatic nitrogens is 1. The summed E-state index contributed by atoms with van der Waals surface area (Å²) >= 11 is 0. The lowest BCUT2D eigenvalue weighted by Gasteiger charge is -2.09. The summed E-state index contributed by atoms with van der Waals surface area (Å²) in [5.74, 6) is 4.95. The maximum absolute atomic E-state index is 5.68. The minimum absolute atomic E-state index is 0.198. The summed E-state index contributed by atoms with van der Waals surface area (Å²) < 4.78 is 10.9. The highest BCUT2D eigenvalue weighted by Gasteiger charge is 2.15. The van der Waals surface area contributed by atoms with E-state index in [-0.39, 0.29) is 6.10 Å². The second-order valence-electron chi connectivity index (χ2n) is 3.83. The monoisotopic (exact) mass is 236 g/mol. The van der Waals surface area contributed by atoms with Crippen molar-refractivity contribution in [1.29, 1.82) is 0 Å².